The second kappa shape index (κ2) is 9.73. The molecular weight excluding hydrogens is 326 g/mol. The quantitative estimate of drug-likeness (QED) is 0.668. The van der Waals surface area contributed by atoms with Crippen molar-refractivity contribution in [3.63, 3.8) is 0 Å². The average molecular weight is 360 g/mol. The van der Waals surface area contributed by atoms with E-state index in [9.17, 15) is 13.2 Å². The van der Waals surface area contributed by atoms with Crippen LogP contribution in [0.1, 0.15) is 58.3 Å². The monoisotopic (exact) mass is 359 g/mol. The van der Waals surface area contributed by atoms with E-state index in [0.717, 1.165) is 19.4 Å². The van der Waals surface area contributed by atoms with Crippen LogP contribution in [0, 0.1) is 0 Å². The molecule has 0 radical (unpaired) electrons. The summed E-state index contributed by atoms with van der Waals surface area (Å²) in [6.45, 7) is 6.31. The van der Waals surface area contributed by atoms with Gasteiger partial charge in [0.15, 0.2) is 0 Å². The van der Waals surface area contributed by atoms with Crippen LogP contribution in [-0.4, -0.2) is 68.0 Å². The molecule has 7 heteroatoms. The molecule has 2 rings (SSSR count). The third-order valence-electron chi connectivity index (χ3n) is 4.97. The van der Waals surface area contributed by atoms with E-state index in [0.29, 0.717) is 25.9 Å². The van der Waals surface area contributed by atoms with Gasteiger partial charge in [0.05, 0.1) is 5.75 Å². The molecular formula is C17H33N3O3S. The highest BCUT2D eigenvalue weighted by Crippen LogP contribution is 2.22. The van der Waals surface area contributed by atoms with Gasteiger partial charge >= 0.3 is 0 Å². The highest BCUT2D eigenvalue weighted by atomic mass is 32.2. The Morgan fingerprint density at radius 1 is 1.08 bits per heavy atom. The van der Waals surface area contributed by atoms with Crippen molar-refractivity contribution in [3.8, 4) is 0 Å². The lowest BCUT2D eigenvalue weighted by molar-refractivity contribution is -0.124. The van der Waals surface area contributed by atoms with Crippen LogP contribution in [0.25, 0.3) is 0 Å². The summed E-state index contributed by atoms with van der Waals surface area (Å²) in [6, 6.07) is -0.500. The Labute approximate surface area is 147 Å². The molecule has 2 aliphatic heterocycles. The van der Waals surface area contributed by atoms with Gasteiger partial charge in [-0.3, -0.25) is 4.79 Å². The van der Waals surface area contributed by atoms with Gasteiger partial charge in [0, 0.05) is 13.1 Å². The normalized spacial score (nSPS) is 24.0. The van der Waals surface area contributed by atoms with Crippen LogP contribution in [0.3, 0.4) is 0 Å². The fourth-order valence-corrected chi connectivity index (χ4v) is 5.45. The molecule has 1 unspecified atom stereocenters. The molecule has 0 bridgehead atoms. The zero-order valence-electron chi connectivity index (χ0n) is 15.0. The first-order valence-corrected chi connectivity index (χ1v) is 11.1. The maximum atomic E-state index is 12.4. The van der Waals surface area contributed by atoms with Crippen molar-refractivity contribution in [2.75, 3.05) is 38.5 Å². The van der Waals surface area contributed by atoms with E-state index < -0.39 is 16.1 Å². The van der Waals surface area contributed by atoms with Gasteiger partial charge in [-0.2, -0.15) is 4.31 Å². The van der Waals surface area contributed by atoms with E-state index >= 15 is 0 Å². The summed E-state index contributed by atoms with van der Waals surface area (Å²) in [7, 11) is -3.29. The molecule has 2 saturated heterocycles. The SMILES string of the molecule is CCCS(=O)(=O)N1CCCC1C(=O)NCCCN1CCCCCC1. The Morgan fingerprint density at radius 3 is 2.46 bits per heavy atom. The molecule has 0 aliphatic carbocycles. The summed E-state index contributed by atoms with van der Waals surface area (Å²) in [6.07, 6.45) is 8.14. The van der Waals surface area contributed by atoms with Crippen molar-refractivity contribution in [1.82, 2.24) is 14.5 Å². The van der Waals surface area contributed by atoms with E-state index in [-0.39, 0.29) is 11.7 Å². The molecule has 6 nitrogen and oxygen atoms in total. The first-order chi connectivity index (χ1) is 11.5. The fourth-order valence-electron chi connectivity index (χ4n) is 3.70. The summed E-state index contributed by atoms with van der Waals surface area (Å²) in [5.74, 6) is 0.00851. The highest BCUT2D eigenvalue weighted by molar-refractivity contribution is 7.89. The highest BCUT2D eigenvalue weighted by Gasteiger charge is 2.37. The molecule has 0 aromatic heterocycles. The Kier molecular flexibility index (Phi) is 7.97. The lowest BCUT2D eigenvalue weighted by Gasteiger charge is -2.23. The minimum Gasteiger partial charge on any atom is -0.355 e. The topological polar surface area (TPSA) is 69.7 Å². The van der Waals surface area contributed by atoms with Gasteiger partial charge in [0.2, 0.25) is 15.9 Å². The molecule has 2 fully saturated rings. The largest absolute Gasteiger partial charge is 0.355 e. The molecule has 1 atom stereocenters. The molecule has 0 saturated carbocycles. The summed E-state index contributed by atoms with van der Waals surface area (Å²) in [4.78, 5) is 14.9. The van der Waals surface area contributed by atoms with Gasteiger partial charge in [0.25, 0.3) is 0 Å². The van der Waals surface area contributed by atoms with Gasteiger partial charge in [-0.1, -0.05) is 19.8 Å². The van der Waals surface area contributed by atoms with Crippen molar-refractivity contribution in [2.24, 2.45) is 0 Å². The number of carbonyl (C=O) groups is 1. The fraction of sp³-hybridized carbons (Fsp3) is 0.941. The number of sulfonamides is 1. The Hall–Kier alpha value is -0.660. The summed E-state index contributed by atoms with van der Waals surface area (Å²) in [5, 5.41) is 2.95. The summed E-state index contributed by atoms with van der Waals surface area (Å²) < 4.78 is 25.9. The molecule has 0 aromatic carbocycles. The van der Waals surface area contributed by atoms with Crippen LogP contribution in [0.4, 0.5) is 0 Å². The second-order valence-corrected chi connectivity index (χ2v) is 9.03. The smallest absolute Gasteiger partial charge is 0.238 e. The predicted molar refractivity (Wildman–Crippen MR) is 96.3 cm³/mol. The number of rotatable bonds is 8. The maximum absolute atomic E-state index is 12.4. The summed E-state index contributed by atoms with van der Waals surface area (Å²) >= 11 is 0. The predicted octanol–water partition coefficient (Wildman–Crippen LogP) is 1.57. The number of nitrogens with zero attached hydrogens (tertiary/aromatic N) is 2. The van der Waals surface area contributed by atoms with Crippen LogP contribution in [0.15, 0.2) is 0 Å². The lowest BCUT2D eigenvalue weighted by Crippen LogP contribution is -2.47. The first kappa shape index (κ1) is 19.7. The first-order valence-electron chi connectivity index (χ1n) is 9.54. The molecule has 24 heavy (non-hydrogen) atoms. The average Bonchev–Trinajstić information content (AvgIpc) is 2.91. The third-order valence-corrected chi connectivity index (χ3v) is 7.05. The second-order valence-electron chi connectivity index (χ2n) is 6.99. The van der Waals surface area contributed by atoms with Gasteiger partial charge in [-0.15, -0.1) is 0 Å². The molecule has 1 amide bonds. The minimum atomic E-state index is -3.29. The van der Waals surface area contributed by atoms with Crippen LogP contribution in [0.5, 0.6) is 0 Å². The maximum Gasteiger partial charge on any atom is 0.238 e. The number of carbonyl (C=O) groups excluding carboxylic acids is 1. The number of amides is 1. The number of hydrogen-bond acceptors (Lipinski definition) is 4. The number of nitrogens with one attached hydrogen (secondary N) is 1. The van der Waals surface area contributed by atoms with Crippen molar-refractivity contribution in [2.45, 2.75) is 64.3 Å². The number of likely N-dealkylation sites (tertiary alicyclic amines) is 1. The molecule has 2 aliphatic rings. The molecule has 0 aromatic rings. The van der Waals surface area contributed by atoms with Crippen LogP contribution < -0.4 is 5.32 Å². The number of hydrogen-bond donors (Lipinski definition) is 1. The van der Waals surface area contributed by atoms with Gasteiger partial charge < -0.3 is 10.2 Å². The van der Waals surface area contributed by atoms with Crippen LogP contribution in [-0.2, 0) is 14.8 Å². The lowest BCUT2D eigenvalue weighted by atomic mass is 10.2. The molecule has 0 spiro atoms. The Morgan fingerprint density at radius 2 is 1.79 bits per heavy atom. The van der Waals surface area contributed by atoms with Gasteiger partial charge in [-0.05, 0) is 58.2 Å². The summed E-state index contributed by atoms with van der Waals surface area (Å²) in [5.41, 5.74) is 0. The van der Waals surface area contributed by atoms with Gasteiger partial charge in [0.1, 0.15) is 6.04 Å². The van der Waals surface area contributed by atoms with Crippen LogP contribution in [0.2, 0.25) is 0 Å². The van der Waals surface area contributed by atoms with E-state index in [4.69, 9.17) is 0 Å². The zero-order chi connectivity index (χ0) is 17.4. The van der Waals surface area contributed by atoms with Gasteiger partial charge in [-0.25, -0.2) is 8.42 Å². The Balaban J connectivity index is 1.73. The standard InChI is InChI=1S/C17H33N3O3S/c1-2-15-24(22,23)20-14-7-9-16(20)17(21)18-10-8-13-19-11-5-3-4-6-12-19/h16H,2-15H2,1H3,(H,18,21). The zero-order valence-corrected chi connectivity index (χ0v) is 15.8. The van der Waals surface area contributed by atoms with E-state index in [1.54, 1.807) is 0 Å². The van der Waals surface area contributed by atoms with Crippen molar-refractivity contribution in [1.29, 1.82) is 0 Å². The van der Waals surface area contributed by atoms with Crippen LogP contribution >= 0.6 is 0 Å². The molecule has 140 valence electrons. The molecule has 1 N–H and O–H groups in total. The van der Waals surface area contributed by atoms with Crippen molar-refractivity contribution < 1.29 is 13.2 Å². The molecule has 2 heterocycles. The van der Waals surface area contributed by atoms with Crippen molar-refractivity contribution >= 4 is 15.9 Å². The van der Waals surface area contributed by atoms with E-state index in [1.165, 1.54) is 43.1 Å². The van der Waals surface area contributed by atoms with Crippen molar-refractivity contribution in [3.05, 3.63) is 0 Å². The third kappa shape index (κ3) is 5.70. The minimum absolute atomic E-state index is 0.122. The van der Waals surface area contributed by atoms with E-state index in [1.807, 2.05) is 6.92 Å². The van der Waals surface area contributed by atoms with E-state index in [2.05, 4.69) is 10.2 Å². The Bertz CT molecular complexity index is 487.